The number of amides is 1. The van der Waals surface area contributed by atoms with Crippen molar-refractivity contribution in [2.75, 3.05) is 0 Å². The zero-order chi connectivity index (χ0) is 10.2. The molecule has 0 saturated heterocycles. The average molecular weight is 191 g/mol. The first-order chi connectivity index (χ1) is 6.65. The Balaban J connectivity index is 2.34. The van der Waals surface area contributed by atoms with Crippen molar-refractivity contribution in [3.05, 3.63) is 35.9 Å². The SMILES string of the molecule is NC(=O)C1(c2ccccc2)CC(O)C1. The molecule has 0 aromatic heterocycles. The molecule has 0 aliphatic heterocycles. The standard InChI is InChI=1S/C11H13NO2/c12-10(14)11(6-9(13)7-11)8-4-2-1-3-5-8/h1-5,9,13H,6-7H2,(H2,12,14). The second-order valence-electron chi connectivity index (χ2n) is 3.87. The number of carbonyl (C=O) groups is 1. The maximum atomic E-state index is 11.4. The first-order valence-corrected chi connectivity index (χ1v) is 4.69. The van der Waals surface area contributed by atoms with Gasteiger partial charge in [-0.05, 0) is 18.4 Å². The summed E-state index contributed by atoms with van der Waals surface area (Å²) in [5.41, 5.74) is 5.67. The van der Waals surface area contributed by atoms with Crippen LogP contribution in [0.15, 0.2) is 30.3 Å². The molecular weight excluding hydrogens is 178 g/mol. The predicted octanol–water partition coefficient (Wildman–Crippen LogP) is 0.564. The molecule has 0 atom stereocenters. The normalized spacial score (nSPS) is 30.8. The van der Waals surface area contributed by atoms with E-state index in [0.29, 0.717) is 12.8 Å². The Kier molecular flexibility index (Phi) is 2.04. The van der Waals surface area contributed by atoms with Gasteiger partial charge in [-0.1, -0.05) is 30.3 Å². The quantitative estimate of drug-likeness (QED) is 0.717. The monoisotopic (exact) mass is 191 g/mol. The third kappa shape index (κ3) is 1.21. The van der Waals surface area contributed by atoms with Gasteiger partial charge in [-0.3, -0.25) is 4.79 Å². The lowest BCUT2D eigenvalue weighted by Crippen LogP contribution is -2.53. The van der Waals surface area contributed by atoms with E-state index in [-0.39, 0.29) is 12.0 Å². The molecule has 1 amide bonds. The van der Waals surface area contributed by atoms with Crippen molar-refractivity contribution in [3.63, 3.8) is 0 Å². The zero-order valence-corrected chi connectivity index (χ0v) is 7.81. The molecule has 1 saturated carbocycles. The molecule has 1 fully saturated rings. The summed E-state index contributed by atoms with van der Waals surface area (Å²) in [4.78, 5) is 11.4. The van der Waals surface area contributed by atoms with Gasteiger partial charge in [0.15, 0.2) is 0 Å². The van der Waals surface area contributed by atoms with E-state index in [2.05, 4.69) is 0 Å². The number of carbonyl (C=O) groups excluding carboxylic acids is 1. The van der Waals surface area contributed by atoms with Crippen LogP contribution >= 0.6 is 0 Å². The third-order valence-electron chi connectivity index (χ3n) is 2.97. The molecule has 14 heavy (non-hydrogen) atoms. The molecule has 0 unspecified atom stereocenters. The topological polar surface area (TPSA) is 63.3 Å². The highest BCUT2D eigenvalue weighted by molar-refractivity contribution is 5.88. The van der Waals surface area contributed by atoms with E-state index in [0.717, 1.165) is 5.56 Å². The van der Waals surface area contributed by atoms with Crippen LogP contribution in [0, 0.1) is 0 Å². The Labute approximate surface area is 82.5 Å². The van der Waals surface area contributed by atoms with Crippen LogP contribution in [0.25, 0.3) is 0 Å². The van der Waals surface area contributed by atoms with Crippen molar-refractivity contribution >= 4 is 5.91 Å². The Morgan fingerprint density at radius 2 is 1.93 bits per heavy atom. The minimum Gasteiger partial charge on any atom is -0.393 e. The van der Waals surface area contributed by atoms with Gasteiger partial charge in [-0.2, -0.15) is 0 Å². The lowest BCUT2D eigenvalue weighted by molar-refractivity contribution is -0.131. The van der Waals surface area contributed by atoms with Crippen LogP contribution in [0.1, 0.15) is 18.4 Å². The molecule has 1 aliphatic rings. The van der Waals surface area contributed by atoms with Gasteiger partial charge in [0.1, 0.15) is 0 Å². The van der Waals surface area contributed by atoms with Gasteiger partial charge in [-0.25, -0.2) is 0 Å². The fourth-order valence-corrected chi connectivity index (χ4v) is 2.08. The number of primary amides is 1. The largest absolute Gasteiger partial charge is 0.393 e. The molecule has 1 aliphatic carbocycles. The molecule has 1 aromatic carbocycles. The Bertz CT molecular complexity index is 342. The maximum Gasteiger partial charge on any atom is 0.228 e. The summed E-state index contributed by atoms with van der Waals surface area (Å²) in [5, 5.41) is 9.29. The van der Waals surface area contributed by atoms with E-state index in [1.54, 1.807) is 0 Å². The lowest BCUT2D eigenvalue weighted by Gasteiger charge is -2.43. The highest BCUT2D eigenvalue weighted by Gasteiger charge is 2.49. The van der Waals surface area contributed by atoms with Gasteiger partial charge in [0, 0.05) is 0 Å². The second kappa shape index (κ2) is 3.10. The smallest absolute Gasteiger partial charge is 0.228 e. The first kappa shape index (κ1) is 9.21. The van der Waals surface area contributed by atoms with Crippen LogP contribution in [0.4, 0.5) is 0 Å². The summed E-state index contributed by atoms with van der Waals surface area (Å²) < 4.78 is 0. The molecule has 74 valence electrons. The number of rotatable bonds is 2. The van der Waals surface area contributed by atoms with Gasteiger partial charge in [0.25, 0.3) is 0 Å². The van der Waals surface area contributed by atoms with E-state index in [9.17, 15) is 9.90 Å². The van der Waals surface area contributed by atoms with Crippen LogP contribution in [0.2, 0.25) is 0 Å². The van der Waals surface area contributed by atoms with Crippen molar-refractivity contribution in [2.45, 2.75) is 24.4 Å². The van der Waals surface area contributed by atoms with Crippen molar-refractivity contribution in [2.24, 2.45) is 5.73 Å². The van der Waals surface area contributed by atoms with Crippen molar-refractivity contribution in [1.82, 2.24) is 0 Å². The summed E-state index contributed by atoms with van der Waals surface area (Å²) in [6, 6.07) is 9.43. The number of aliphatic hydroxyl groups is 1. The molecule has 0 spiro atoms. The Hall–Kier alpha value is -1.35. The number of hydrogen-bond acceptors (Lipinski definition) is 2. The van der Waals surface area contributed by atoms with E-state index in [4.69, 9.17) is 5.73 Å². The molecule has 3 heteroatoms. The van der Waals surface area contributed by atoms with Crippen molar-refractivity contribution < 1.29 is 9.90 Å². The molecular formula is C11H13NO2. The maximum absolute atomic E-state index is 11.4. The molecule has 1 aromatic rings. The van der Waals surface area contributed by atoms with Gasteiger partial charge < -0.3 is 10.8 Å². The Morgan fingerprint density at radius 3 is 2.36 bits per heavy atom. The molecule has 2 rings (SSSR count). The van der Waals surface area contributed by atoms with E-state index < -0.39 is 5.41 Å². The van der Waals surface area contributed by atoms with Crippen LogP contribution in [-0.4, -0.2) is 17.1 Å². The molecule has 3 nitrogen and oxygen atoms in total. The molecule has 0 heterocycles. The minimum atomic E-state index is -0.624. The van der Waals surface area contributed by atoms with E-state index >= 15 is 0 Å². The van der Waals surface area contributed by atoms with Crippen LogP contribution in [-0.2, 0) is 10.2 Å². The second-order valence-corrected chi connectivity index (χ2v) is 3.87. The van der Waals surface area contributed by atoms with Crippen LogP contribution in [0.5, 0.6) is 0 Å². The van der Waals surface area contributed by atoms with Crippen molar-refractivity contribution in [1.29, 1.82) is 0 Å². The molecule has 0 bridgehead atoms. The van der Waals surface area contributed by atoms with Gasteiger partial charge >= 0.3 is 0 Å². The summed E-state index contributed by atoms with van der Waals surface area (Å²) >= 11 is 0. The van der Waals surface area contributed by atoms with Crippen molar-refractivity contribution in [3.8, 4) is 0 Å². The Morgan fingerprint density at radius 1 is 1.36 bits per heavy atom. The first-order valence-electron chi connectivity index (χ1n) is 4.69. The van der Waals surface area contributed by atoms with Gasteiger partial charge in [0.05, 0.1) is 11.5 Å². The predicted molar refractivity (Wildman–Crippen MR) is 52.6 cm³/mol. The number of nitrogens with two attached hydrogens (primary N) is 1. The minimum absolute atomic E-state index is 0.339. The third-order valence-corrected chi connectivity index (χ3v) is 2.97. The summed E-state index contributed by atoms with van der Waals surface area (Å²) in [6.07, 6.45) is 0.515. The molecule has 0 radical (unpaired) electrons. The highest BCUT2D eigenvalue weighted by atomic mass is 16.3. The molecule has 3 N–H and O–H groups in total. The number of aliphatic hydroxyl groups excluding tert-OH is 1. The summed E-state index contributed by atoms with van der Waals surface area (Å²) in [5.74, 6) is -0.339. The van der Waals surface area contributed by atoms with Gasteiger partial charge in [-0.15, -0.1) is 0 Å². The number of benzene rings is 1. The highest BCUT2D eigenvalue weighted by Crippen LogP contribution is 2.43. The van der Waals surface area contributed by atoms with E-state index in [1.807, 2.05) is 30.3 Å². The lowest BCUT2D eigenvalue weighted by atomic mass is 9.62. The summed E-state index contributed by atoms with van der Waals surface area (Å²) in [7, 11) is 0. The average Bonchev–Trinajstić information content (AvgIpc) is 2.13. The fraction of sp³-hybridized carbons (Fsp3) is 0.364. The number of hydrogen-bond donors (Lipinski definition) is 2. The van der Waals surface area contributed by atoms with Gasteiger partial charge in [0.2, 0.25) is 5.91 Å². The summed E-state index contributed by atoms with van der Waals surface area (Å²) in [6.45, 7) is 0. The van der Waals surface area contributed by atoms with Crippen LogP contribution in [0.3, 0.4) is 0 Å². The fourth-order valence-electron chi connectivity index (χ4n) is 2.08. The zero-order valence-electron chi connectivity index (χ0n) is 7.81. The van der Waals surface area contributed by atoms with E-state index in [1.165, 1.54) is 0 Å². The van der Waals surface area contributed by atoms with Crippen LogP contribution < -0.4 is 5.73 Å².